The number of nitrogens with zero attached hydrogens (tertiary/aromatic N) is 2. The van der Waals surface area contributed by atoms with Gasteiger partial charge < -0.3 is 4.57 Å². The first kappa shape index (κ1) is 11.0. The summed E-state index contributed by atoms with van der Waals surface area (Å²) in [6, 6.07) is 4.54. The van der Waals surface area contributed by atoms with Gasteiger partial charge in [-0.15, -0.1) is 6.42 Å². The summed E-state index contributed by atoms with van der Waals surface area (Å²) in [4.78, 5) is 4.36. The lowest BCUT2D eigenvalue weighted by Crippen LogP contribution is -2.03. The van der Waals surface area contributed by atoms with Gasteiger partial charge in [-0.3, -0.25) is 0 Å². The van der Waals surface area contributed by atoms with Crippen LogP contribution in [0.25, 0.3) is 11.0 Å². The van der Waals surface area contributed by atoms with Crippen LogP contribution in [0.1, 0.15) is 5.82 Å². The highest BCUT2D eigenvalue weighted by Gasteiger charge is 2.09. The van der Waals surface area contributed by atoms with Crippen LogP contribution in [0.4, 0.5) is 4.39 Å². The Labute approximate surface area is 98.9 Å². The monoisotopic (exact) mass is 234 g/mol. The number of rotatable bonds is 3. The van der Waals surface area contributed by atoms with Gasteiger partial charge in [-0.2, -0.15) is 12.6 Å². The molecule has 0 saturated carbocycles. The molecule has 0 saturated heterocycles. The van der Waals surface area contributed by atoms with Crippen molar-refractivity contribution < 1.29 is 4.39 Å². The predicted molar refractivity (Wildman–Crippen MR) is 66.1 cm³/mol. The molecule has 2 aromatic rings. The minimum Gasteiger partial charge on any atom is -0.316 e. The zero-order valence-electron chi connectivity index (χ0n) is 8.65. The van der Waals surface area contributed by atoms with E-state index in [4.69, 9.17) is 6.42 Å². The summed E-state index contributed by atoms with van der Waals surface area (Å²) in [6.45, 7) is 0.450. The van der Waals surface area contributed by atoms with Crippen LogP contribution in [0, 0.1) is 18.2 Å². The smallest absolute Gasteiger partial charge is 0.125 e. The molecule has 0 aliphatic carbocycles. The number of halogens is 1. The molecule has 0 amide bonds. The number of aryl methyl sites for hydroxylation is 1. The lowest BCUT2D eigenvalue weighted by atomic mass is 10.3. The summed E-state index contributed by atoms with van der Waals surface area (Å²) in [5.41, 5.74) is 1.52. The fraction of sp³-hybridized carbons (Fsp3) is 0.250. The number of terminal acetylenes is 1. The van der Waals surface area contributed by atoms with Crippen LogP contribution < -0.4 is 0 Å². The topological polar surface area (TPSA) is 17.8 Å². The van der Waals surface area contributed by atoms with Crippen LogP contribution >= 0.6 is 12.6 Å². The molecule has 2 rings (SSSR count). The predicted octanol–water partition coefficient (Wildman–Crippen LogP) is 2.28. The maximum atomic E-state index is 13.0. The molecular formula is C12H11FN2S. The Morgan fingerprint density at radius 1 is 1.50 bits per heavy atom. The van der Waals surface area contributed by atoms with Crippen molar-refractivity contribution in [1.82, 2.24) is 9.55 Å². The van der Waals surface area contributed by atoms with E-state index in [0.29, 0.717) is 17.8 Å². The number of hydrogen-bond donors (Lipinski definition) is 1. The van der Waals surface area contributed by atoms with Gasteiger partial charge in [0.05, 0.1) is 17.6 Å². The highest BCUT2D eigenvalue weighted by Crippen LogP contribution is 2.18. The number of imidazole rings is 1. The second kappa shape index (κ2) is 4.58. The molecule has 0 aliphatic heterocycles. The van der Waals surface area contributed by atoms with Crippen molar-refractivity contribution in [3.63, 3.8) is 0 Å². The lowest BCUT2D eigenvalue weighted by Gasteiger charge is -2.03. The fourth-order valence-electron chi connectivity index (χ4n) is 1.71. The van der Waals surface area contributed by atoms with Crippen LogP contribution in [-0.4, -0.2) is 15.3 Å². The number of fused-ring (bicyclic) bond motifs is 1. The number of benzene rings is 1. The Hall–Kier alpha value is -1.47. The molecule has 82 valence electrons. The highest BCUT2D eigenvalue weighted by atomic mass is 32.1. The molecule has 0 aliphatic rings. The number of hydrogen-bond acceptors (Lipinski definition) is 2. The van der Waals surface area contributed by atoms with Crippen LogP contribution in [-0.2, 0) is 13.0 Å². The van der Waals surface area contributed by atoms with Crippen molar-refractivity contribution in [2.45, 2.75) is 13.0 Å². The van der Waals surface area contributed by atoms with Crippen molar-refractivity contribution >= 4 is 23.7 Å². The summed E-state index contributed by atoms with van der Waals surface area (Å²) >= 11 is 4.17. The largest absolute Gasteiger partial charge is 0.316 e. The second-order valence-electron chi connectivity index (χ2n) is 3.42. The molecule has 0 atom stereocenters. The van der Waals surface area contributed by atoms with E-state index in [1.807, 2.05) is 4.57 Å². The zero-order chi connectivity index (χ0) is 11.5. The fourth-order valence-corrected chi connectivity index (χ4v) is 1.91. The van der Waals surface area contributed by atoms with Crippen molar-refractivity contribution in [1.29, 1.82) is 0 Å². The van der Waals surface area contributed by atoms with E-state index in [0.717, 1.165) is 17.8 Å². The summed E-state index contributed by atoms with van der Waals surface area (Å²) < 4.78 is 15.0. The van der Waals surface area contributed by atoms with Crippen LogP contribution in [0.5, 0.6) is 0 Å². The second-order valence-corrected chi connectivity index (χ2v) is 3.87. The van der Waals surface area contributed by atoms with Crippen LogP contribution in [0.15, 0.2) is 18.2 Å². The molecule has 0 N–H and O–H groups in total. The van der Waals surface area contributed by atoms with Gasteiger partial charge in [-0.1, -0.05) is 5.92 Å². The quantitative estimate of drug-likeness (QED) is 0.637. The number of aromatic nitrogens is 2. The average molecular weight is 234 g/mol. The Morgan fingerprint density at radius 3 is 3.00 bits per heavy atom. The normalized spacial score (nSPS) is 10.6. The summed E-state index contributed by atoms with van der Waals surface area (Å²) in [6.07, 6.45) is 6.04. The van der Waals surface area contributed by atoms with Gasteiger partial charge in [0.1, 0.15) is 11.6 Å². The molecule has 0 fully saturated rings. The first-order valence-corrected chi connectivity index (χ1v) is 5.58. The lowest BCUT2D eigenvalue weighted by molar-refractivity contribution is 0.629. The molecule has 1 aromatic carbocycles. The Morgan fingerprint density at radius 2 is 2.31 bits per heavy atom. The van der Waals surface area contributed by atoms with Crippen molar-refractivity contribution in [3.05, 3.63) is 29.8 Å². The summed E-state index contributed by atoms with van der Waals surface area (Å²) in [7, 11) is 0. The minimum atomic E-state index is -0.282. The van der Waals surface area contributed by atoms with Gasteiger partial charge in [0.2, 0.25) is 0 Å². The molecule has 16 heavy (non-hydrogen) atoms. The van der Waals surface area contributed by atoms with Gasteiger partial charge in [-0.05, 0) is 17.9 Å². The highest BCUT2D eigenvalue weighted by molar-refractivity contribution is 7.80. The third-order valence-corrected chi connectivity index (χ3v) is 2.60. The molecule has 0 bridgehead atoms. The minimum absolute atomic E-state index is 0.282. The van der Waals surface area contributed by atoms with E-state index in [2.05, 4.69) is 23.5 Å². The molecule has 1 aromatic heterocycles. The van der Waals surface area contributed by atoms with E-state index in [1.165, 1.54) is 12.1 Å². The van der Waals surface area contributed by atoms with Gasteiger partial charge in [0, 0.05) is 12.5 Å². The number of thiol groups is 1. The Kier molecular flexibility index (Phi) is 3.16. The molecule has 0 spiro atoms. The first-order valence-electron chi connectivity index (χ1n) is 4.95. The van der Waals surface area contributed by atoms with Crippen molar-refractivity contribution in [2.75, 3.05) is 5.75 Å². The average Bonchev–Trinajstić information content (AvgIpc) is 2.57. The first-order chi connectivity index (χ1) is 7.76. The van der Waals surface area contributed by atoms with Crippen LogP contribution in [0.3, 0.4) is 0 Å². The van der Waals surface area contributed by atoms with Gasteiger partial charge in [-0.25, -0.2) is 9.37 Å². The van der Waals surface area contributed by atoms with Gasteiger partial charge in [0.25, 0.3) is 0 Å². The van der Waals surface area contributed by atoms with E-state index >= 15 is 0 Å². The van der Waals surface area contributed by atoms with E-state index < -0.39 is 0 Å². The molecular weight excluding hydrogens is 223 g/mol. The maximum Gasteiger partial charge on any atom is 0.125 e. The summed E-state index contributed by atoms with van der Waals surface area (Å²) in [5.74, 6) is 3.84. The van der Waals surface area contributed by atoms with Gasteiger partial charge in [0.15, 0.2) is 0 Å². The Balaban J connectivity index is 2.61. The molecule has 1 heterocycles. The van der Waals surface area contributed by atoms with E-state index in [-0.39, 0.29) is 5.82 Å². The van der Waals surface area contributed by atoms with Gasteiger partial charge >= 0.3 is 0 Å². The maximum absolute atomic E-state index is 13.0. The van der Waals surface area contributed by atoms with E-state index in [1.54, 1.807) is 6.07 Å². The summed E-state index contributed by atoms with van der Waals surface area (Å²) in [5, 5.41) is 0. The van der Waals surface area contributed by atoms with E-state index in [9.17, 15) is 4.39 Å². The molecule has 4 heteroatoms. The third kappa shape index (κ3) is 1.91. The Bertz CT molecular complexity index is 554. The van der Waals surface area contributed by atoms with Crippen molar-refractivity contribution in [3.8, 4) is 12.3 Å². The van der Waals surface area contributed by atoms with Crippen molar-refractivity contribution in [2.24, 2.45) is 0 Å². The van der Waals surface area contributed by atoms with Crippen LogP contribution in [0.2, 0.25) is 0 Å². The SMILES string of the molecule is C#CCn1c(CCS)nc2cc(F)ccc21. The third-order valence-electron chi connectivity index (χ3n) is 2.37. The molecule has 0 unspecified atom stereocenters. The molecule has 2 nitrogen and oxygen atoms in total. The molecule has 0 radical (unpaired) electrons. The zero-order valence-corrected chi connectivity index (χ0v) is 9.54. The standard InChI is InChI=1S/C12H11FN2S/c1-2-6-15-11-4-3-9(13)8-10(11)14-12(15)5-7-16/h1,3-4,8,16H,5-7H2.